The van der Waals surface area contributed by atoms with Gasteiger partial charge < -0.3 is 19.2 Å². The van der Waals surface area contributed by atoms with Crippen molar-refractivity contribution in [3.05, 3.63) is 36.0 Å². The molecule has 1 aromatic carbocycles. The van der Waals surface area contributed by atoms with Gasteiger partial charge >= 0.3 is 0 Å². The number of rotatable bonds is 10. The van der Waals surface area contributed by atoms with Crippen molar-refractivity contribution in [2.24, 2.45) is 5.41 Å². The van der Waals surface area contributed by atoms with Crippen LogP contribution in [0.4, 0.5) is 15.8 Å². The predicted molar refractivity (Wildman–Crippen MR) is 132 cm³/mol. The number of aromatic nitrogens is 2. The summed E-state index contributed by atoms with van der Waals surface area (Å²) in [5, 5.41) is 4.10. The molecule has 0 spiro atoms. The van der Waals surface area contributed by atoms with E-state index in [0.717, 1.165) is 75.0 Å². The highest BCUT2D eigenvalue weighted by Gasteiger charge is 2.73. The number of amides is 1. The summed E-state index contributed by atoms with van der Waals surface area (Å²) >= 11 is 0. The minimum Gasteiger partial charge on any atom is -0.369 e. The Hall–Kier alpha value is -2.48. The normalized spacial score (nSPS) is 27.9. The molecule has 7 nitrogen and oxygen atoms in total. The summed E-state index contributed by atoms with van der Waals surface area (Å²) in [4.78, 5) is 24.8. The molecule has 5 aliphatic rings. The number of anilines is 2. The second-order valence-electron chi connectivity index (χ2n) is 11.4. The van der Waals surface area contributed by atoms with Crippen LogP contribution in [0.3, 0.4) is 0 Å². The first-order valence-corrected chi connectivity index (χ1v) is 13.3. The van der Waals surface area contributed by atoms with Gasteiger partial charge in [0, 0.05) is 56.4 Å². The van der Waals surface area contributed by atoms with Gasteiger partial charge in [0.15, 0.2) is 5.82 Å². The molecule has 0 atom stereocenters. The van der Waals surface area contributed by atoms with Gasteiger partial charge in [-0.3, -0.25) is 4.79 Å². The Kier molecular flexibility index (Phi) is 5.82. The zero-order valence-corrected chi connectivity index (χ0v) is 20.7. The second-order valence-corrected chi connectivity index (χ2v) is 11.4. The van der Waals surface area contributed by atoms with Crippen molar-refractivity contribution in [2.75, 3.05) is 49.6 Å². The Bertz CT molecular complexity index is 1060. The van der Waals surface area contributed by atoms with E-state index in [-0.39, 0.29) is 5.91 Å². The van der Waals surface area contributed by atoms with Crippen LogP contribution in [0.2, 0.25) is 0 Å². The quantitative estimate of drug-likeness (QED) is 0.471. The van der Waals surface area contributed by atoms with Crippen LogP contribution < -0.4 is 9.80 Å². The van der Waals surface area contributed by atoms with Gasteiger partial charge in [0.25, 0.3) is 0 Å². The van der Waals surface area contributed by atoms with Gasteiger partial charge in [-0.05, 0) is 70.2 Å². The van der Waals surface area contributed by atoms with Crippen molar-refractivity contribution in [3.63, 3.8) is 0 Å². The molecule has 1 aromatic heterocycles. The van der Waals surface area contributed by atoms with E-state index < -0.39 is 11.1 Å². The minimum absolute atomic E-state index is 0.110. The SMILES string of the molecule is CN1CCN(c2cccc(N(CCCCCc3nc(C4CC4)no3)C(=O)C34CC(F)(C3)C4)c2)CC1. The fourth-order valence-corrected chi connectivity index (χ4v) is 6.05. The van der Waals surface area contributed by atoms with Crippen molar-refractivity contribution in [1.29, 1.82) is 0 Å². The summed E-state index contributed by atoms with van der Waals surface area (Å²) in [6.07, 6.45) is 7.13. The Morgan fingerprint density at radius 2 is 1.91 bits per heavy atom. The number of piperazine rings is 1. The number of hydrogen-bond acceptors (Lipinski definition) is 6. The summed E-state index contributed by atoms with van der Waals surface area (Å²) in [7, 11) is 2.15. The Morgan fingerprint density at radius 1 is 1.14 bits per heavy atom. The highest BCUT2D eigenvalue weighted by molar-refractivity contribution is 6.00. The summed E-state index contributed by atoms with van der Waals surface area (Å²) in [6.45, 7) is 4.71. The van der Waals surface area contributed by atoms with Crippen LogP contribution in [0.15, 0.2) is 28.8 Å². The molecule has 4 saturated carbocycles. The third kappa shape index (κ3) is 4.57. The number of alkyl halides is 1. The van der Waals surface area contributed by atoms with Gasteiger partial charge in [0.1, 0.15) is 5.67 Å². The molecule has 1 amide bonds. The molecule has 188 valence electrons. The molecular weight excluding hydrogens is 445 g/mol. The first kappa shape index (κ1) is 23.0. The number of aryl methyl sites for hydroxylation is 1. The number of unbranched alkanes of at least 4 members (excludes halogenated alkanes) is 2. The summed E-state index contributed by atoms with van der Waals surface area (Å²) in [6, 6.07) is 8.37. The zero-order valence-electron chi connectivity index (χ0n) is 20.7. The third-order valence-corrected chi connectivity index (χ3v) is 8.37. The van der Waals surface area contributed by atoms with Gasteiger partial charge in [-0.1, -0.05) is 17.6 Å². The lowest BCUT2D eigenvalue weighted by Gasteiger charge is -2.65. The number of carbonyl (C=O) groups is 1. The average molecular weight is 482 g/mol. The van der Waals surface area contributed by atoms with Gasteiger partial charge in [-0.15, -0.1) is 0 Å². The van der Waals surface area contributed by atoms with Gasteiger partial charge in [-0.25, -0.2) is 4.39 Å². The van der Waals surface area contributed by atoms with E-state index in [0.29, 0.717) is 31.7 Å². The molecule has 1 saturated heterocycles. The number of halogens is 1. The van der Waals surface area contributed by atoms with Crippen molar-refractivity contribution < 1.29 is 13.7 Å². The molecule has 8 heteroatoms. The Labute approximate surface area is 206 Å². The van der Waals surface area contributed by atoms with Gasteiger partial charge in [0.05, 0.1) is 5.41 Å². The largest absolute Gasteiger partial charge is 0.369 e. The van der Waals surface area contributed by atoms with Crippen LogP contribution in [-0.4, -0.2) is 66.4 Å². The van der Waals surface area contributed by atoms with Crippen LogP contribution in [0, 0.1) is 5.41 Å². The molecule has 35 heavy (non-hydrogen) atoms. The average Bonchev–Trinajstić information content (AvgIpc) is 3.57. The van der Waals surface area contributed by atoms with Crippen LogP contribution in [0.1, 0.15) is 69.0 Å². The fraction of sp³-hybridized carbons (Fsp3) is 0.667. The van der Waals surface area contributed by atoms with Crippen molar-refractivity contribution >= 4 is 17.3 Å². The van der Waals surface area contributed by atoms with Crippen LogP contribution in [0.5, 0.6) is 0 Å². The first-order valence-electron chi connectivity index (χ1n) is 13.3. The Balaban J connectivity index is 1.09. The highest BCUT2D eigenvalue weighted by atomic mass is 19.1. The van der Waals surface area contributed by atoms with E-state index in [1.807, 2.05) is 11.0 Å². The summed E-state index contributed by atoms with van der Waals surface area (Å²) in [5.41, 5.74) is 0.555. The maximum Gasteiger partial charge on any atom is 0.233 e. The van der Waals surface area contributed by atoms with E-state index in [9.17, 15) is 9.18 Å². The standard InChI is InChI=1S/C27H36FN5O2/c1-31-12-14-32(15-13-31)21-6-5-7-22(16-21)33(25(34)26-17-27(28,18-26)19-26)11-4-2-3-8-23-29-24(30-35-23)20-9-10-20/h5-7,16,20H,2-4,8-15,17-19H2,1H3. The molecule has 5 fully saturated rings. The first-order chi connectivity index (χ1) is 16.9. The number of hydrogen-bond donors (Lipinski definition) is 0. The monoisotopic (exact) mass is 481 g/mol. The molecular formula is C27H36FN5O2. The lowest BCUT2D eigenvalue weighted by atomic mass is 9.42. The Morgan fingerprint density at radius 3 is 2.63 bits per heavy atom. The van der Waals surface area contributed by atoms with E-state index in [1.165, 1.54) is 12.8 Å². The number of carbonyl (C=O) groups excluding carboxylic acids is 1. The minimum atomic E-state index is -1.08. The number of likely N-dealkylation sites (N-methyl/N-ethyl adjacent to an activating group) is 1. The second kappa shape index (κ2) is 8.87. The predicted octanol–water partition coefficient (Wildman–Crippen LogP) is 4.34. The van der Waals surface area contributed by atoms with Crippen LogP contribution in [-0.2, 0) is 11.2 Å². The fourth-order valence-electron chi connectivity index (χ4n) is 6.05. The molecule has 2 bridgehead atoms. The summed E-state index contributed by atoms with van der Waals surface area (Å²) < 4.78 is 19.6. The van der Waals surface area contributed by atoms with Crippen LogP contribution >= 0.6 is 0 Å². The highest BCUT2D eigenvalue weighted by Crippen LogP contribution is 2.70. The molecule has 4 aliphatic carbocycles. The maximum absolute atomic E-state index is 14.2. The molecule has 0 unspecified atom stereocenters. The van der Waals surface area contributed by atoms with E-state index >= 15 is 0 Å². The molecule has 7 rings (SSSR count). The van der Waals surface area contributed by atoms with E-state index in [2.05, 4.69) is 45.2 Å². The van der Waals surface area contributed by atoms with E-state index in [1.54, 1.807) is 0 Å². The molecule has 0 N–H and O–H groups in total. The third-order valence-electron chi connectivity index (χ3n) is 8.37. The maximum atomic E-state index is 14.2. The van der Waals surface area contributed by atoms with Crippen LogP contribution in [0.25, 0.3) is 0 Å². The van der Waals surface area contributed by atoms with Crippen molar-refractivity contribution in [2.45, 2.75) is 69.4 Å². The molecule has 1 aliphatic heterocycles. The van der Waals surface area contributed by atoms with Crippen molar-refractivity contribution in [1.82, 2.24) is 15.0 Å². The van der Waals surface area contributed by atoms with Crippen molar-refractivity contribution in [3.8, 4) is 0 Å². The van der Waals surface area contributed by atoms with Gasteiger partial charge in [0.2, 0.25) is 11.8 Å². The van der Waals surface area contributed by atoms with E-state index in [4.69, 9.17) is 4.52 Å². The molecule has 0 radical (unpaired) electrons. The topological polar surface area (TPSA) is 65.7 Å². The zero-order chi connectivity index (χ0) is 24.0. The number of nitrogens with zero attached hydrogens (tertiary/aromatic N) is 5. The number of benzene rings is 1. The molecule has 2 heterocycles. The van der Waals surface area contributed by atoms with Gasteiger partial charge in [-0.2, -0.15) is 4.98 Å². The summed E-state index contributed by atoms with van der Waals surface area (Å²) in [5.74, 6) is 2.20. The lowest BCUT2D eigenvalue weighted by Crippen LogP contribution is -2.70. The smallest absolute Gasteiger partial charge is 0.233 e. The lowest BCUT2D eigenvalue weighted by molar-refractivity contribution is -0.211. The molecule has 2 aromatic rings.